The van der Waals surface area contributed by atoms with Gasteiger partial charge in [0, 0.05) is 16.4 Å². The number of hydrogen-bond acceptors (Lipinski definition) is 3. The molecule has 0 saturated carbocycles. The van der Waals surface area contributed by atoms with Crippen molar-refractivity contribution in [2.45, 2.75) is 6.18 Å². The molecule has 2 amide bonds. The number of amides is 2. The summed E-state index contributed by atoms with van der Waals surface area (Å²) in [5.41, 5.74) is -0.547. The van der Waals surface area contributed by atoms with Crippen molar-refractivity contribution >= 4 is 46.3 Å². The van der Waals surface area contributed by atoms with Gasteiger partial charge in [-0.1, -0.05) is 60.1 Å². The van der Waals surface area contributed by atoms with E-state index in [1.54, 1.807) is 54.6 Å². The molecule has 0 spiro atoms. The predicted molar refractivity (Wildman–Crippen MR) is 136 cm³/mol. The van der Waals surface area contributed by atoms with Gasteiger partial charge in [-0.05, 0) is 54.6 Å². The maximum atomic E-state index is 14.0. The first-order valence-corrected chi connectivity index (χ1v) is 11.3. The van der Waals surface area contributed by atoms with Gasteiger partial charge >= 0.3 is 6.18 Å². The van der Waals surface area contributed by atoms with Gasteiger partial charge in [0.2, 0.25) is 0 Å². The first-order chi connectivity index (χ1) is 17.7. The van der Waals surface area contributed by atoms with Crippen molar-refractivity contribution in [3.05, 3.63) is 125 Å². The van der Waals surface area contributed by atoms with Gasteiger partial charge in [0.1, 0.15) is 0 Å². The van der Waals surface area contributed by atoms with Crippen LogP contribution in [0, 0.1) is 0 Å². The molecular weight excluding hydrogens is 505 g/mol. The van der Waals surface area contributed by atoms with E-state index in [1.807, 2.05) is 0 Å². The van der Waals surface area contributed by atoms with Gasteiger partial charge in [-0.25, -0.2) is 0 Å². The molecule has 4 rings (SSSR count). The zero-order valence-corrected chi connectivity index (χ0v) is 19.8. The molecule has 0 unspecified atom stereocenters. The third-order valence-electron chi connectivity index (χ3n) is 5.35. The zero-order chi connectivity index (χ0) is 26.6. The molecule has 0 aliphatic rings. The van der Waals surface area contributed by atoms with E-state index >= 15 is 0 Å². The Morgan fingerprint density at radius 1 is 0.703 bits per heavy atom. The van der Waals surface area contributed by atoms with Gasteiger partial charge in [0.25, 0.3) is 17.6 Å². The third kappa shape index (κ3) is 5.70. The minimum atomic E-state index is -5.21. The second-order valence-corrected chi connectivity index (χ2v) is 8.27. The summed E-state index contributed by atoms with van der Waals surface area (Å²) in [5.74, 6) is -3.57. The Labute approximate surface area is 215 Å². The summed E-state index contributed by atoms with van der Waals surface area (Å²) in [6, 6.07) is 25.6. The number of halogens is 4. The van der Waals surface area contributed by atoms with E-state index in [9.17, 15) is 27.6 Å². The van der Waals surface area contributed by atoms with E-state index in [2.05, 4.69) is 5.32 Å². The molecule has 0 aliphatic carbocycles. The molecule has 0 atom stereocenters. The number of ketones is 1. The monoisotopic (exact) mass is 522 g/mol. The summed E-state index contributed by atoms with van der Waals surface area (Å²) >= 11 is 5.93. The predicted octanol–water partition coefficient (Wildman–Crippen LogP) is 7.32. The van der Waals surface area contributed by atoms with Crippen LogP contribution in [0.15, 0.2) is 103 Å². The van der Waals surface area contributed by atoms with Crippen molar-refractivity contribution in [2.75, 3.05) is 10.2 Å². The maximum Gasteiger partial charge on any atom is 0.454 e. The van der Waals surface area contributed by atoms with E-state index in [0.717, 1.165) is 11.0 Å². The topological polar surface area (TPSA) is 66.5 Å². The number of nitrogens with zero attached hydrogens (tertiary/aromatic N) is 1. The standard InChI is InChI=1S/C28H18ClF3N2O3/c29-18-15-16-24(23(17-18)25(35)28(30,31)32)34(20-11-5-2-6-12-20)27(37)22-14-8-7-13-21(22)26(36)33-19-9-3-1-4-10-19/h1-17H,(H,33,36). The molecule has 4 aromatic rings. The average Bonchev–Trinajstić information content (AvgIpc) is 2.89. The molecule has 0 bridgehead atoms. The van der Waals surface area contributed by atoms with Gasteiger partial charge in [-0.3, -0.25) is 19.3 Å². The fraction of sp³-hybridized carbons (Fsp3) is 0.0357. The highest BCUT2D eigenvalue weighted by molar-refractivity contribution is 6.31. The van der Waals surface area contributed by atoms with Crippen LogP contribution in [-0.4, -0.2) is 23.8 Å². The number of carbonyl (C=O) groups is 3. The second-order valence-electron chi connectivity index (χ2n) is 7.83. The minimum Gasteiger partial charge on any atom is -0.322 e. The lowest BCUT2D eigenvalue weighted by Crippen LogP contribution is -2.32. The second kappa shape index (κ2) is 10.7. The minimum absolute atomic E-state index is 0.00468. The van der Waals surface area contributed by atoms with Crippen LogP contribution in [-0.2, 0) is 0 Å². The van der Waals surface area contributed by atoms with Gasteiger partial charge in [0.05, 0.1) is 22.4 Å². The highest BCUT2D eigenvalue weighted by Crippen LogP contribution is 2.36. The fourth-order valence-electron chi connectivity index (χ4n) is 3.69. The lowest BCUT2D eigenvalue weighted by molar-refractivity contribution is -0.0884. The number of para-hydroxylation sites is 2. The Kier molecular flexibility index (Phi) is 7.40. The summed E-state index contributed by atoms with van der Waals surface area (Å²) < 4.78 is 40.4. The molecule has 186 valence electrons. The SMILES string of the molecule is O=C(Nc1ccccc1)c1ccccc1C(=O)N(c1ccccc1)c1ccc(Cl)cc1C(=O)C(F)(F)F. The summed E-state index contributed by atoms with van der Waals surface area (Å²) in [4.78, 5) is 40.3. The average molecular weight is 523 g/mol. The molecule has 0 aliphatic heterocycles. The van der Waals surface area contributed by atoms with E-state index in [-0.39, 0.29) is 27.5 Å². The van der Waals surface area contributed by atoms with E-state index in [0.29, 0.717) is 5.69 Å². The molecule has 0 aromatic heterocycles. The molecule has 0 fully saturated rings. The molecule has 0 saturated heterocycles. The largest absolute Gasteiger partial charge is 0.454 e. The zero-order valence-electron chi connectivity index (χ0n) is 19.0. The molecule has 1 N–H and O–H groups in total. The number of hydrogen-bond donors (Lipinski definition) is 1. The first kappa shape index (κ1) is 25.7. The van der Waals surface area contributed by atoms with E-state index in [4.69, 9.17) is 11.6 Å². The lowest BCUT2D eigenvalue weighted by atomic mass is 10.0. The van der Waals surface area contributed by atoms with Crippen molar-refractivity contribution in [1.29, 1.82) is 0 Å². The molecule has 0 radical (unpaired) electrons. The quantitative estimate of drug-likeness (QED) is 0.270. The van der Waals surface area contributed by atoms with Crippen LogP contribution in [0.2, 0.25) is 5.02 Å². The summed E-state index contributed by atoms with van der Waals surface area (Å²) in [5, 5.41) is 2.59. The van der Waals surface area contributed by atoms with Crippen molar-refractivity contribution < 1.29 is 27.6 Å². The summed E-state index contributed by atoms with van der Waals surface area (Å²) in [7, 11) is 0. The highest BCUT2D eigenvalue weighted by Gasteiger charge is 2.42. The molecular formula is C28H18ClF3N2O3. The molecule has 37 heavy (non-hydrogen) atoms. The lowest BCUT2D eigenvalue weighted by Gasteiger charge is -2.26. The Morgan fingerprint density at radius 2 is 1.27 bits per heavy atom. The number of anilines is 3. The fourth-order valence-corrected chi connectivity index (χ4v) is 3.86. The number of rotatable bonds is 6. The van der Waals surface area contributed by atoms with Crippen LogP contribution in [0.4, 0.5) is 30.2 Å². The number of carbonyl (C=O) groups excluding carboxylic acids is 3. The summed E-state index contributed by atoms with van der Waals surface area (Å²) in [6.07, 6.45) is -5.21. The normalized spacial score (nSPS) is 11.0. The van der Waals surface area contributed by atoms with Crippen molar-refractivity contribution in [1.82, 2.24) is 0 Å². The van der Waals surface area contributed by atoms with Crippen LogP contribution < -0.4 is 10.2 Å². The number of benzene rings is 4. The Balaban J connectivity index is 1.85. The van der Waals surface area contributed by atoms with Crippen LogP contribution in [0.1, 0.15) is 31.1 Å². The van der Waals surface area contributed by atoms with Gasteiger partial charge < -0.3 is 5.32 Å². The summed E-state index contributed by atoms with van der Waals surface area (Å²) in [6.45, 7) is 0. The number of nitrogens with one attached hydrogen (secondary N) is 1. The molecule has 9 heteroatoms. The molecule has 4 aromatic carbocycles. The number of Topliss-reactive ketones (excluding diaryl/α,β-unsaturated/α-hetero) is 1. The first-order valence-electron chi connectivity index (χ1n) is 10.9. The van der Waals surface area contributed by atoms with Gasteiger partial charge in [0.15, 0.2) is 0 Å². The van der Waals surface area contributed by atoms with Crippen LogP contribution in [0.5, 0.6) is 0 Å². The smallest absolute Gasteiger partial charge is 0.322 e. The van der Waals surface area contributed by atoms with Crippen LogP contribution >= 0.6 is 11.6 Å². The van der Waals surface area contributed by atoms with Crippen LogP contribution in [0.3, 0.4) is 0 Å². The van der Waals surface area contributed by atoms with E-state index in [1.165, 1.54) is 42.5 Å². The Bertz CT molecular complexity index is 1460. The molecule has 5 nitrogen and oxygen atoms in total. The Hall–Kier alpha value is -4.43. The van der Waals surface area contributed by atoms with E-state index < -0.39 is 29.3 Å². The van der Waals surface area contributed by atoms with Crippen molar-refractivity contribution in [3.63, 3.8) is 0 Å². The highest BCUT2D eigenvalue weighted by atomic mass is 35.5. The van der Waals surface area contributed by atoms with Crippen LogP contribution in [0.25, 0.3) is 0 Å². The Morgan fingerprint density at radius 3 is 1.89 bits per heavy atom. The van der Waals surface area contributed by atoms with Crippen molar-refractivity contribution in [3.8, 4) is 0 Å². The third-order valence-corrected chi connectivity index (χ3v) is 5.59. The van der Waals surface area contributed by atoms with Crippen molar-refractivity contribution in [2.24, 2.45) is 0 Å². The maximum absolute atomic E-state index is 14.0. The number of alkyl halides is 3. The van der Waals surface area contributed by atoms with Gasteiger partial charge in [-0.15, -0.1) is 0 Å². The van der Waals surface area contributed by atoms with Gasteiger partial charge in [-0.2, -0.15) is 13.2 Å². The molecule has 0 heterocycles.